The SMILES string of the molecule is COc1ccc(NC(=O)c2cc(O)ccc2OC(F)F)cc1OCCN(C)C. The lowest BCUT2D eigenvalue weighted by atomic mass is 10.1. The second-order valence-electron chi connectivity index (χ2n) is 6.03. The van der Waals surface area contributed by atoms with E-state index in [1.165, 1.54) is 7.11 Å². The number of alkyl halides is 2. The summed E-state index contributed by atoms with van der Waals surface area (Å²) in [6.07, 6.45) is 0. The van der Waals surface area contributed by atoms with Gasteiger partial charge in [0.2, 0.25) is 0 Å². The highest BCUT2D eigenvalue weighted by Gasteiger charge is 2.18. The number of aromatic hydroxyl groups is 1. The molecule has 9 heteroatoms. The first kappa shape index (κ1) is 21.2. The summed E-state index contributed by atoms with van der Waals surface area (Å²) in [5, 5.41) is 12.1. The molecule has 0 radical (unpaired) electrons. The van der Waals surface area contributed by atoms with E-state index in [1.54, 1.807) is 18.2 Å². The van der Waals surface area contributed by atoms with E-state index in [-0.39, 0.29) is 17.1 Å². The number of benzene rings is 2. The molecule has 28 heavy (non-hydrogen) atoms. The molecular formula is C19H22F2N2O5. The van der Waals surface area contributed by atoms with Crippen LogP contribution in [0.2, 0.25) is 0 Å². The number of carbonyl (C=O) groups is 1. The summed E-state index contributed by atoms with van der Waals surface area (Å²) < 4.78 is 40.4. The number of hydrogen-bond acceptors (Lipinski definition) is 6. The van der Waals surface area contributed by atoms with Crippen LogP contribution in [-0.4, -0.2) is 56.9 Å². The zero-order chi connectivity index (χ0) is 20.7. The summed E-state index contributed by atoms with van der Waals surface area (Å²) >= 11 is 0. The quantitative estimate of drug-likeness (QED) is 0.678. The van der Waals surface area contributed by atoms with Gasteiger partial charge in [-0.1, -0.05) is 0 Å². The highest BCUT2D eigenvalue weighted by atomic mass is 19.3. The first-order chi connectivity index (χ1) is 13.3. The second kappa shape index (κ2) is 9.75. The molecule has 0 fully saturated rings. The third-order valence-corrected chi connectivity index (χ3v) is 3.64. The van der Waals surface area contributed by atoms with Crippen LogP contribution in [-0.2, 0) is 0 Å². The van der Waals surface area contributed by atoms with Crippen LogP contribution in [0.25, 0.3) is 0 Å². The molecule has 2 aromatic rings. The number of likely N-dealkylation sites (N-methyl/N-ethyl adjacent to an activating group) is 1. The number of methoxy groups -OCH3 is 1. The monoisotopic (exact) mass is 396 g/mol. The van der Waals surface area contributed by atoms with E-state index in [4.69, 9.17) is 9.47 Å². The molecule has 0 aliphatic carbocycles. The van der Waals surface area contributed by atoms with Crippen LogP contribution in [0.15, 0.2) is 36.4 Å². The van der Waals surface area contributed by atoms with E-state index in [0.29, 0.717) is 30.3 Å². The molecule has 0 bridgehead atoms. The Morgan fingerprint density at radius 1 is 1.14 bits per heavy atom. The highest BCUT2D eigenvalue weighted by Crippen LogP contribution is 2.31. The van der Waals surface area contributed by atoms with Crippen LogP contribution in [0.4, 0.5) is 14.5 Å². The number of nitrogens with zero attached hydrogens (tertiary/aromatic N) is 1. The number of nitrogens with one attached hydrogen (secondary N) is 1. The molecule has 2 aromatic carbocycles. The van der Waals surface area contributed by atoms with E-state index in [2.05, 4.69) is 10.1 Å². The molecule has 0 saturated carbocycles. The number of anilines is 1. The molecule has 7 nitrogen and oxygen atoms in total. The number of amides is 1. The predicted molar refractivity (Wildman–Crippen MR) is 99.7 cm³/mol. The smallest absolute Gasteiger partial charge is 0.387 e. The topological polar surface area (TPSA) is 80.3 Å². The zero-order valence-corrected chi connectivity index (χ0v) is 15.7. The van der Waals surface area contributed by atoms with Gasteiger partial charge in [-0.3, -0.25) is 4.79 Å². The lowest BCUT2D eigenvalue weighted by Crippen LogP contribution is -2.19. The average molecular weight is 396 g/mol. The number of ether oxygens (including phenoxy) is 3. The van der Waals surface area contributed by atoms with Gasteiger partial charge in [-0.25, -0.2) is 0 Å². The largest absolute Gasteiger partial charge is 0.508 e. The summed E-state index contributed by atoms with van der Waals surface area (Å²) in [5.74, 6) is -0.427. The Bertz CT molecular complexity index is 815. The van der Waals surface area contributed by atoms with Crippen molar-refractivity contribution in [1.82, 2.24) is 4.90 Å². The molecule has 1 amide bonds. The Kier molecular flexibility index (Phi) is 7.39. The van der Waals surface area contributed by atoms with E-state index in [9.17, 15) is 18.7 Å². The maximum Gasteiger partial charge on any atom is 0.387 e. The lowest BCUT2D eigenvalue weighted by Gasteiger charge is -2.15. The molecule has 0 saturated heterocycles. The van der Waals surface area contributed by atoms with Gasteiger partial charge < -0.3 is 29.5 Å². The highest BCUT2D eigenvalue weighted by molar-refractivity contribution is 6.06. The van der Waals surface area contributed by atoms with Gasteiger partial charge in [-0.05, 0) is 44.4 Å². The fourth-order valence-corrected chi connectivity index (χ4v) is 2.30. The van der Waals surface area contributed by atoms with Gasteiger partial charge >= 0.3 is 6.61 Å². The van der Waals surface area contributed by atoms with Gasteiger partial charge in [0.15, 0.2) is 11.5 Å². The summed E-state index contributed by atoms with van der Waals surface area (Å²) in [6.45, 7) is -2.02. The minimum absolute atomic E-state index is 0.230. The number of phenolic OH excluding ortho intramolecular Hbond substituents is 1. The number of carbonyl (C=O) groups excluding carboxylic acids is 1. The first-order valence-corrected chi connectivity index (χ1v) is 8.35. The third-order valence-electron chi connectivity index (χ3n) is 3.64. The van der Waals surface area contributed by atoms with Crippen molar-refractivity contribution in [2.75, 3.05) is 39.7 Å². The zero-order valence-electron chi connectivity index (χ0n) is 15.7. The molecule has 0 unspecified atom stereocenters. The Morgan fingerprint density at radius 2 is 1.86 bits per heavy atom. The van der Waals surface area contributed by atoms with Crippen molar-refractivity contribution in [3.05, 3.63) is 42.0 Å². The summed E-state index contributed by atoms with van der Waals surface area (Å²) in [5.41, 5.74) is 0.128. The summed E-state index contributed by atoms with van der Waals surface area (Å²) in [6, 6.07) is 8.04. The molecule has 2 N–H and O–H groups in total. The van der Waals surface area contributed by atoms with Gasteiger partial charge in [0.05, 0.1) is 12.7 Å². The Labute approximate surface area is 161 Å². The van der Waals surface area contributed by atoms with Gasteiger partial charge in [0, 0.05) is 18.3 Å². The van der Waals surface area contributed by atoms with Gasteiger partial charge in [0.1, 0.15) is 18.1 Å². The number of phenols is 1. The van der Waals surface area contributed by atoms with Crippen molar-refractivity contribution in [2.24, 2.45) is 0 Å². The predicted octanol–water partition coefficient (Wildman–Crippen LogP) is 3.19. The lowest BCUT2D eigenvalue weighted by molar-refractivity contribution is -0.0501. The first-order valence-electron chi connectivity index (χ1n) is 8.35. The fraction of sp³-hybridized carbons (Fsp3) is 0.316. The second-order valence-corrected chi connectivity index (χ2v) is 6.03. The molecule has 0 heterocycles. The third kappa shape index (κ3) is 5.98. The number of halogens is 2. The molecule has 0 aliphatic heterocycles. The van der Waals surface area contributed by atoms with Crippen LogP contribution in [0.1, 0.15) is 10.4 Å². The maximum atomic E-state index is 12.6. The maximum absolute atomic E-state index is 12.6. The molecular weight excluding hydrogens is 374 g/mol. The normalized spacial score (nSPS) is 10.8. The van der Waals surface area contributed by atoms with Crippen LogP contribution in [0, 0.1) is 0 Å². The molecule has 152 valence electrons. The van der Waals surface area contributed by atoms with Crippen molar-refractivity contribution in [2.45, 2.75) is 6.61 Å². The Hall–Kier alpha value is -3.07. The van der Waals surface area contributed by atoms with Crippen LogP contribution < -0.4 is 19.5 Å². The Morgan fingerprint density at radius 3 is 2.50 bits per heavy atom. The van der Waals surface area contributed by atoms with Gasteiger partial charge in [-0.15, -0.1) is 0 Å². The average Bonchev–Trinajstić information content (AvgIpc) is 2.62. The minimum Gasteiger partial charge on any atom is -0.508 e. The summed E-state index contributed by atoms with van der Waals surface area (Å²) in [4.78, 5) is 14.5. The molecule has 0 spiro atoms. The minimum atomic E-state index is -3.10. The van der Waals surface area contributed by atoms with E-state index >= 15 is 0 Å². The standard InChI is InChI=1S/C19H22F2N2O5/c1-23(2)8-9-27-17-10-12(4-6-16(17)26-3)22-18(25)14-11-13(24)5-7-15(14)28-19(20)21/h4-7,10-11,19,24H,8-9H2,1-3H3,(H,22,25). The van der Waals surface area contributed by atoms with Crippen molar-refractivity contribution < 1.29 is 32.9 Å². The summed E-state index contributed by atoms with van der Waals surface area (Å²) in [7, 11) is 5.31. The number of hydrogen-bond donors (Lipinski definition) is 2. The van der Waals surface area contributed by atoms with Crippen LogP contribution in [0.3, 0.4) is 0 Å². The van der Waals surface area contributed by atoms with Crippen LogP contribution in [0.5, 0.6) is 23.0 Å². The van der Waals surface area contributed by atoms with Crippen molar-refractivity contribution in [1.29, 1.82) is 0 Å². The van der Waals surface area contributed by atoms with Gasteiger partial charge in [0.25, 0.3) is 5.91 Å². The molecule has 0 aliphatic rings. The van der Waals surface area contributed by atoms with Gasteiger partial charge in [-0.2, -0.15) is 8.78 Å². The molecule has 2 rings (SSSR count). The van der Waals surface area contributed by atoms with Crippen molar-refractivity contribution in [3.8, 4) is 23.0 Å². The molecule has 0 atom stereocenters. The van der Waals surface area contributed by atoms with E-state index in [1.807, 2.05) is 19.0 Å². The van der Waals surface area contributed by atoms with Crippen molar-refractivity contribution >= 4 is 11.6 Å². The van der Waals surface area contributed by atoms with Crippen LogP contribution >= 0.6 is 0 Å². The van der Waals surface area contributed by atoms with Crippen molar-refractivity contribution in [3.63, 3.8) is 0 Å². The van der Waals surface area contributed by atoms with E-state index < -0.39 is 12.5 Å². The Balaban J connectivity index is 2.21. The van der Waals surface area contributed by atoms with E-state index in [0.717, 1.165) is 18.2 Å². The molecule has 0 aromatic heterocycles. The fourth-order valence-electron chi connectivity index (χ4n) is 2.30. The number of rotatable bonds is 9.